The van der Waals surface area contributed by atoms with E-state index in [0.29, 0.717) is 9.90 Å². The molecule has 96 valence electrons. The molecule has 1 atom stereocenters. The van der Waals surface area contributed by atoms with E-state index >= 15 is 0 Å². The monoisotopic (exact) mass is 282 g/mol. The summed E-state index contributed by atoms with van der Waals surface area (Å²) in [5.41, 5.74) is 7.18. The van der Waals surface area contributed by atoms with Crippen molar-refractivity contribution in [2.75, 3.05) is 4.72 Å². The molecule has 4 nitrogen and oxygen atoms in total. The Morgan fingerprint density at radius 1 is 1.28 bits per heavy atom. The number of anilines is 1. The average molecular weight is 282 g/mol. The first kappa shape index (κ1) is 13.1. The lowest BCUT2D eigenvalue weighted by atomic mass is 10.1. The first-order valence-electron chi connectivity index (χ1n) is 5.41. The summed E-state index contributed by atoms with van der Waals surface area (Å²) in [5.74, 6) is 0. The van der Waals surface area contributed by atoms with Crippen LogP contribution in [-0.4, -0.2) is 8.42 Å². The average Bonchev–Trinajstić information content (AvgIpc) is 2.82. The first-order chi connectivity index (χ1) is 8.49. The van der Waals surface area contributed by atoms with Gasteiger partial charge in [-0.1, -0.05) is 18.2 Å². The zero-order valence-electron chi connectivity index (χ0n) is 9.83. The van der Waals surface area contributed by atoms with Gasteiger partial charge in [0.25, 0.3) is 10.0 Å². The molecule has 2 rings (SSSR count). The molecule has 1 aromatic heterocycles. The highest BCUT2D eigenvalue weighted by Gasteiger charge is 2.15. The highest BCUT2D eigenvalue weighted by Crippen LogP contribution is 2.22. The summed E-state index contributed by atoms with van der Waals surface area (Å²) < 4.78 is 26.9. The topological polar surface area (TPSA) is 72.2 Å². The molecule has 0 amide bonds. The second kappa shape index (κ2) is 5.09. The standard InChI is InChI=1S/C12H14N2O2S2/c1-9(13)10-4-2-5-11(8-10)14-18(15,16)12-6-3-7-17-12/h2-9,14H,13H2,1H3. The van der Waals surface area contributed by atoms with Crippen LogP contribution >= 0.6 is 11.3 Å². The Hall–Kier alpha value is -1.37. The molecular formula is C12H14N2O2S2. The third-order valence-electron chi connectivity index (χ3n) is 2.42. The Morgan fingerprint density at radius 2 is 2.06 bits per heavy atom. The molecule has 6 heteroatoms. The molecule has 0 aliphatic heterocycles. The van der Waals surface area contributed by atoms with Crippen molar-refractivity contribution in [1.82, 2.24) is 0 Å². The largest absolute Gasteiger partial charge is 0.324 e. The van der Waals surface area contributed by atoms with E-state index in [-0.39, 0.29) is 6.04 Å². The molecule has 1 heterocycles. The molecule has 1 unspecified atom stereocenters. The lowest BCUT2D eigenvalue weighted by Gasteiger charge is -2.10. The van der Waals surface area contributed by atoms with Gasteiger partial charge in [0.2, 0.25) is 0 Å². The van der Waals surface area contributed by atoms with E-state index in [4.69, 9.17) is 5.73 Å². The summed E-state index contributed by atoms with van der Waals surface area (Å²) in [6.45, 7) is 1.85. The maximum absolute atomic E-state index is 12.0. The zero-order chi connectivity index (χ0) is 13.2. The minimum atomic E-state index is -3.48. The number of thiophene rings is 1. The van der Waals surface area contributed by atoms with Gasteiger partial charge in [0.05, 0.1) is 0 Å². The van der Waals surface area contributed by atoms with Crippen molar-refractivity contribution in [1.29, 1.82) is 0 Å². The van der Waals surface area contributed by atoms with E-state index in [1.54, 1.807) is 35.7 Å². The maximum Gasteiger partial charge on any atom is 0.271 e. The van der Waals surface area contributed by atoms with Crippen LogP contribution in [0.15, 0.2) is 46.0 Å². The quantitative estimate of drug-likeness (QED) is 0.905. The van der Waals surface area contributed by atoms with E-state index in [1.165, 1.54) is 11.3 Å². The van der Waals surface area contributed by atoms with Gasteiger partial charge in [-0.25, -0.2) is 8.42 Å². The van der Waals surface area contributed by atoms with Gasteiger partial charge in [-0.2, -0.15) is 0 Å². The molecule has 3 N–H and O–H groups in total. The maximum atomic E-state index is 12.0. The summed E-state index contributed by atoms with van der Waals surface area (Å²) in [7, 11) is -3.48. The number of nitrogens with one attached hydrogen (secondary N) is 1. The Morgan fingerprint density at radius 3 is 2.67 bits per heavy atom. The molecule has 0 aliphatic carbocycles. The summed E-state index contributed by atoms with van der Waals surface area (Å²) >= 11 is 1.18. The predicted octanol–water partition coefficient (Wildman–Crippen LogP) is 2.57. The van der Waals surface area contributed by atoms with Crippen LogP contribution in [0, 0.1) is 0 Å². The minimum Gasteiger partial charge on any atom is -0.324 e. The predicted molar refractivity (Wildman–Crippen MR) is 74.2 cm³/mol. The van der Waals surface area contributed by atoms with Gasteiger partial charge in [0, 0.05) is 11.7 Å². The molecule has 0 aliphatic rings. The van der Waals surface area contributed by atoms with Gasteiger partial charge in [-0.15, -0.1) is 11.3 Å². The molecule has 0 radical (unpaired) electrons. The number of rotatable bonds is 4. The van der Waals surface area contributed by atoms with Crippen molar-refractivity contribution < 1.29 is 8.42 Å². The fraction of sp³-hybridized carbons (Fsp3) is 0.167. The molecule has 0 bridgehead atoms. The molecule has 2 aromatic rings. The second-order valence-electron chi connectivity index (χ2n) is 3.95. The SMILES string of the molecule is CC(N)c1cccc(NS(=O)(=O)c2cccs2)c1. The highest BCUT2D eigenvalue weighted by atomic mass is 32.2. The smallest absolute Gasteiger partial charge is 0.271 e. The van der Waals surface area contributed by atoms with E-state index in [1.807, 2.05) is 13.0 Å². The van der Waals surface area contributed by atoms with Crippen molar-refractivity contribution in [2.45, 2.75) is 17.2 Å². The lowest BCUT2D eigenvalue weighted by molar-refractivity contribution is 0.603. The number of hydrogen-bond acceptors (Lipinski definition) is 4. The van der Waals surface area contributed by atoms with E-state index < -0.39 is 10.0 Å². The summed E-state index contributed by atoms with van der Waals surface area (Å²) in [4.78, 5) is 0. The highest BCUT2D eigenvalue weighted by molar-refractivity contribution is 7.94. The fourth-order valence-corrected chi connectivity index (χ4v) is 3.55. The van der Waals surface area contributed by atoms with Crippen molar-refractivity contribution in [3.8, 4) is 0 Å². The van der Waals surface area contributed by atoms with Crippen molar-refractivity contribution in [3.05, 3.63) is 47.3 Å². The molecule has 0 saturated heterocycles. The van der Waals surface area contributed by atoms with Crippen molar-refractivity contribution in [2.24, 2.45) is 5.73 Å². The summed E-state index contributed by atoms with van der Waals surface area (Å²) in [6, 6.07) is 10.3. The molecule has 0 spiro atoms. The van der Waals surface area contributed by atoms with E-state index in [9.17, 15) is 8.42 Å². The normalized spacial score (nSPS) is 13.2. The van der Waals surface area contributed by atoms with Crippen LogP contribution in [0.25, 0.3) is 0 Å². The van der Waals surface area contributed by atoms with E-state index in [0.717, 1.165) is 5.56 Å². The Bertz CT molecular complexity index is 619. The first-order valence-corrected chi connectivity index (χ1v) is 7.77. The van der Waals surface area contributed by atoms with Gasteiger partial charge in [0.15, 0.2) is 0 Å². The molecule has 0 fully saturated rings. The minimum absolute atomic E-state index is 0.129. The van der Waals surface area contributed by atoms with Gasteiger partial charge in [-0.05, 0) is 36.1 Å². The van der Waals surface area contributed by atoms with Gasteiger partial charge in [0.1, 0.15) is 4.21 Å². The number of benzene rings is 1. The van der Waals surface area contributed by atoms with Crippen LogP contribution in [0.5, 0.6) is 0 Å². The number of sulfonamides is 1. The summed E-state index contributed by atoms with van der Waals surface area (Å²) in [6.07, 6.45) is 0. The van der Waals surface area contributed by atoms with Gasteiger partial charge < -0.3 is 5.73 Å². The van der Waals surface area contributed by atoms with Crippen LogP contribution in [0.1, 0.15) is 18.5 Å². The third-order valence-corrected chi connectivity index (χ3v) is 5.20. The Labute approximate surface area is 111 Å². The van der Waals surface area contributed by atoms with Crippen LogP contribution < -0.4 is 10.5 Å². The molecular weight excluding hydrogens is 268 g/mol. The third kappa shape index (κ3) is 2.90. The Kier molecular flexibility index (Phi) is 3.70. The fourth-order valence-electron chi connectivity index (χ4n) is 1.51. The summed E-state index contributed by atoms with van der Waals surface area (Å²) in [5, 5.41) is 1.73. The van der Waals surface area contributed by atoms with Crippen LogP contribution in [0.2, 0.25) is 0 Å². The molecule has 18 heavy (non-hydrogen) atoms. The second-order valence-corrected chi connectivity index (χ2v) is 6.81. The Balaban J connectivity index is 2.27. The van der Waals surface area contributed by atoms with Crippen molar-refractivity contribution >= 4 is 27.0 Å². The van der Waals surface area contributed by atoms with Crippen LogP contribution in [-0.2, 0) is 10.0 Å². The van der Waals surface area contributed by atoms with E-state index in [2.05, 4.69) is 4.72 Å². The van der Waals surface area contributed by atoms with Crippen LogP contribution in [0.4, 0.5) is 5.69 Å². The van der Waals surface area contributed by atoms with Gasteiger partial charge in [-0.3, -0.25) is 4.72 Å². The van der Waals surface area contributed by atoms with Crippen molar-refractivity contribution in [3.63, 3.8) is 0 Å². The molecule has 0 saturated carbocycles. The lowest BCUT2D eigenvalue weighted by Crippen LogP contribution is -2.12. The van der Waals surface area contributed by atoms with Crippen LogP contribution in [0.3, 0.4) is 0 Å². The van der Waals surface area contributed by atoms with Gasteiger partial charge >= 0.3 is 0 Å². The zero-order valence-corrected chi connectivity index (χ0v) is 11.5. The molecule has 1 aromatic carbocycles. The number of nitrogens with two attached hydrogens (primary N) is 1. The number of hydrogen-bond donors (Lipinski definition) is 2.